The van der Waals surface area contributed by atoms with Crippen molar-refractivity contribution >= 4 is 25.0 Å². The Labute approximate surface area is 187 Å². The highest BCUT2D eigenvalue weighted by molar-refractivity contribution is 6.99. The van der Waals surface area contributed by atoms with Crippen LogP contribution in [0.2, 0.25) is 5.04 Å². The molecule has 0 aromatic heterocycles. The zero-order chi connectivity index (χ0) is 22.7. The summed E-state index contributed by atoms with van der Waals surface area (Å²) in [5.41, 5.74) is 0. The third-order valence-corrected chi connectivity index (χ3v) is 10.9. The molecule has 3 unspecified atom stereocenters. The van der Waals surface area contributed by atoms with Gasteiger partial charge in [-0.1, -0.05) is 87.5 Å². The molecule has 1 aliphatic heterocycles. The topological polar surface area (TPSA) is 44.8 Å². The molecule has 0 saturated carbocycles. The molecule has 0 spiro atoms. The van der Waals surface area contributed by atoms with Gasteiger partial charge in [-0.3, -0.25) is 0 Å². The third kappa shape index (κ3) is 4.75. The van der Waals surface area contributed by atoms with Gasteiger partial charge in [-0.15, -0.1) is 6.58 Å². The second kappa shape index (κ2) is 9.21. The Hall–Kier alpha value is -2.05. The highest BCUT2D eigenvalue weighted by Crippen LogP contribution is 2.40. The fourth-order valence-corrected chi connectivity index (χ4v) is 9.25. The number of hydrogen-bond donors (Lipinski definition) is 0. The van der Waals surface area contributed by atoms with Gasteiger partial charge in [-0.25, -0.2) is 0 Å². The maximum atomic E-state index is 11.8. The first-order valence-electron chi connectivity index (χ1n) is 10.9. The predicted octanol–water partition coefficient (Wildman–Crippen LogP) is 4.23. The number of benzene rings is 2. The lowest BCUT2D eigenvalue weighted by atomic mass is 10.1. The van der Waals surface area contributed by atoms with Crippen LogP contribution in [0.5, 0.6) is 0 Å². The highest BCUT2D eigenvalue weighted by Gasteiger charge is 2.54. The minimum absolute atomic E-state index is 0.199. The number of carbonyl (C=O) groups is 1. The molecule has 166 valence electrons. The van der Waals surface area contributed by atoms with Gasteiger partial charge in [0.2, 0.25) is 0 Å². The first-order chi connectivity index (χ1) is 14.6. The average Bonchev–Trinajstić information content (AvgIpc) is 3.06. The van der Waals surface area contributed by atoms with Gasteiger partial charge in [0.05, 0.1) is 6.10 Å². The van der Waals surface area contributed by atoms with Crippen LogP contribution in [0.4, 0.5) is 0 Å². The Bertz CT molecular complexity index is 834. The van der Waals surface area contributed by atoms with Crippen LogP contribution in [0.1, 0.15) is 41.0 Å². The van der Waals surface area contributed by atoms with Crippen molar-refractivity contribution in [3.63, 3.8) is 0 Å². The van der Waals surface area contributed by atoms with Crippen LogP contribution in [0.15, 0.2) is 73.3 Å². The summed E-state index contributed by atoms with van der Waals surface area (Å²) in [7, 11) is -2.83. The van der Waals surface area contributed by atoms with Crippen LogP contribution in [-0.4, -0.2) is 38.7 Å². The molecule has 0 bridgehead atoms. The molecular weight excluding hydrogens is 404 g/mol. The van der Waals surface area contributed by atoms with Crippen molar-refractivity contribution in [2.75, 3.05) is 0 Å². The zero-order valence-corrected chi connectivity index (χ0v) is 20.2. The summed E-state index contributed by atoms with van der Waals surface area (Å²) in [5, 5.41) is 2.13. The third-order valence-electron chi connectivity index (χ3n) is 5.84. The number of rotatable bonds is 8. The first-order valence-corrected chi connectivity index (χ1v) is 12.8. The van der Waals surface area contributed by atoms with Crippen molar-refractivity contribution in [3.05, 3.63) is 73.3 Å². The van der Waals surface area contributed by atoms with E-state index in [2.05, 4.69) is 75.9 Å². The van der Waals surface area contributed by atoms with Crippen molar-refractivity contribution < 1.29 is 18.7 Å². The van der Waals surface area contributed by atoms with Crippen LogP contribution in [-0.2, 0) is 18.7 Å². The summed E-state index contributed by atoms with van der Waals surface area (Å²) in [6.07, 6.45) is 1.65. The van der Waals surface area contributed by atoms with Crippen molar-refractivity contribution in [3.8, 4) is 0 Å². The van der Waals surface area contributed by atoms with E-state index in [0.717, 1.165) is 16.7 Å². The average molecular weight is 439 g/mol. The molecule has 2 aromatic carbocycles. The summed E-state index contributed by atoms with van der Waals surface area (Å²) in [6, 6.07) is 20.8. The van der Waals surface area contributed by atoms with E-state index < -0.39 is 26.3 Å². The van der Waals surface area contributed by atoms with Crippen LogP contribution >= 0.6 is 0 Å². The summed E-state index contributed by atoms with van der Waals surface area (Å²) in [6.45, 7) is 14.3. The fraction of sp³-hybridized carbons (Fsp3) is 0.423. The lowest BCUT2D eigenvalue weighted by Crippen LogP contribution is -2.68. The SMILES string of the molecule is C=CC1OC(C)(C)OC1C(CC=O)O[Si](c1ccccc1)(c1ccccc1)C(C)(C)C. The summed E-state index contributed by atoms with van der Waals surface area (Å²) in [4.78, 5) is 11.8. The van der Waals surface area contributed by atoms with Crippen LogP contribution in [0.25, 0.3) is 0 Å². The van der Waals surface area contributed by atoms with Crippen molar-refractivity contribution in [1.82, 2.24) is 0 Å². The molecular formula is C26H34O4Si. The number of hydrogen-bond acceptors (Lipinski definition) is 4. The van der Waals surface area contributed by atoms with Gasteiger partial charge < -0.3 is 18.7 Å². The number of carbonyl (C=O) groups excluding carboxylic acids is 1. The summed E-state index contributed by atoms with van der Waals surface area (Å²) in [5.74, 6) is -0.764. The Balaban J connectivity index is 2.17. The summed E-state index contributed by atoms with van der Waals surface area (Å²) >= 11 is 0. The Kier molecular flexibility index (Phi) is 7.01. The molecule has 3 rings (SSSR count). The smallest absolute Gasteiger partial charge is 0.261 e. The Morgan fingerprint density at radius 3 is 1.97 bits per heavy atom. The van der Waals surface area contributed by atoms with Gasteiger partial charge in [-0.2, -0.15) is 0 Å². The molecule has 3 atom stereocenters. The van der Waals surface area contributed by atoms with E-state index in [0.29, 0.717) is 0 Å². The molecule has 5 heteroatoms. The summed E-state index contributed by atoms with van der Waals surface area (Å²) < 4.78 is 19.5. The quantitative estimate of drug-likeness (QED) is 0.352. The Morgan fingerprint density at radius 2 is 1.55 bits per heavy atom. The molecule has 0 amide bonds. The fourth-order valence-electron chi connectivity index (χ4n) is 4.55. The van der Waals surface area contributed by atoms with Crippen molar-refractivity contribution in [2.45, 2.75) is 70.2 Å². The lowest BCUT2D eigenvalue weighted by molar-refractivity contribution is -0.153. The van der Waals surface area contributed by atoms with E-state index in [1.165, 1.54) is 0 Å². The van der Waals surface area contributed by atoms with E-state index in [-0.39, 0.29) is 17.6 Å². The zero-order valence-electron chi connectivity index (χ0n) is 19.2. The molecule has 1 aliphatic rings. The second-order valence-electron chi connectivity index (χ2n) is 9.52. The number of ether oxygens (including phenoxy) is 2. The van der Waals surface area contributed by atoms with Crippen molar-refractivity contribution in [1.29, 1.82) is 0 Å². The molecule has 2 aromatic rings. The molecule has 0 aliphatic carbocycles. The standard InChI is InChI=1S/C26H34O4Si/c1-7-22-24(29-26(5,6)28-22)23(18-19-27)30-31(25(2,3)4,20-14-10-8-11-15-20)21-16-12-9-13-17-21/h7-17,19,22-24H,1,18H2,2-6H3. The lowest BCUT2D eigenvalue weighted by Gasteiger charge is -2.46. The Morgan fingerprint density at radius 1 is 1.03 bits per heavy atom. The van der Waals surface area contributed by atoms with Gasteiger partial charge in [0.25, 0.3) is 8.32 Å². The van der Waals surface area contributed by atoms with Crippen LogP contribution in [0, 0.1) is 0 Å². The van der Waals surface area contributed by atoms with Gasteiger partial charge >= 0.3 is 0 Å². The molecule has 4 nitrogen and oxygen atoms in total. The maximum Gasteiger partial charge on any atom is 0.261 e. The minimum Gasteiger partial charge on any atom is -0.401 e. The molecule has 1 fully saturated rings. The monoisotopic (exact) mass is 438 g/mol. The molecule has 0 N–H and O–H groups in total. The van der Waals surface area contributed by atoms with E-state index in [9.17, 15) is 4.79 Å². The van der Waals surface area contributed by atoms with Gasteiger partial charge in [-0.05, 0) is 29.3 Å². The highest BCUT2D eigenvalue weighted by atomic mass is 28.4. The van der Waals surface area contributed by atoms with E-state index in [1.54, 1.807) is 6.08 Å². The number of aldehydes is 1. The van der Waals surface area contributed by atoms with E-state index in [4.69, 9.17) is 13.9 Å². The normalized spacial score (nSPS) is 22.1. The molecule has 31 heavy (non-hydrogen) atoms. The molecule has 1 saturated heterocycles. The van der Waals surface area contributed by atoms with Gasteiger partial charge in [0.1, 0.15) is 18.5 Å². The van der Waals surface area contributed by atoms with Crippen LogP contribution in [0.3, 0.4) is 0 Å². The molecule has 1 heterocycles. The molecule has 0 radical (unpaired) electrons. The second-order valence-corrected chi connectivity index (χ2v) is 13.8. The first kappa shape index (κ1) is 23.6. The van der Waals surface area contributed by atoms with Crippen molar-refractivity contribution in [2.24, 2.45) is 0 Å². The minimum atomic E-state index is -2.83. The van der Waals surface area contributed by atoms with Crippen LogP contribution < -0.4 is 10.4 Å². The van der Waals surface area contributed by atoms with Gasteiger partial charge in [0.15, 0.2) is 5.79 Å². The van der Waals surface area contributed by atoms with E-state index in [1.807, 2.05) is 26.0 Å². The largest absolute Gasteiger partial charge is 0.401 e. The van der Waals surface area contributed by atoms with Gasteiger partial charge in [0, 0.05) is 6.42 Å². The maximum absolute atomic E-state index is 11.8. The predicted molar refractivity (Wildman–Crippen MR) is 127 cm³/mol. The van der Waals surface area contributed by atoms with E-state index >= 15 is 0 Å².